The minimum absolute atomic E-state index is 0.146. The highest BCUT2D eigenvalue weighted by Crippen LogP contribution is 2.24. The monoisotopic (exact) mass is 361 g/mol. The summed E-state index contributed by atoms with van der Waals surface area (Å²) in [4.78, 5) is 36.5. The lowest BCUT2D eigenvalue weighted by atomic mass is 10.0. The lowest BCUT2D eigenvalue weighted by molar-refractivity contribution is -0.141. The summed E-state index contributed by atoms with van der Waals surface area (Å²) in [6.07, 6.45) is 0.0679. The van der Waals surface area contributed by atoms with Crippen molar-refractivity contribution in [3.63, 3.8) is 0 Å². The number of imidazole rings is 1. The van der Waals surface area contributed by atoms with Gasteiger partial charge in [-0.25, -0.2) is 9.59 Å². The highest BCUT2D eigenvalue weighted by atomic mass is 16.6. The van der Waals surface area contributed by atoms with Crippen molar-refractivity contribution in [2.45, 2.75) is 51.9 Å². The number of alkyl carbamates (subject to hydrolysis) is 1. The third-order valence-electron chi connectivity index (χ3n) is 4.23. The summed E-state index contributed by atoms with van der Waals surface area (Å²) in [6.45, 7) is 5.56. The van der Waals surface area contributed by atoms with Crippen LogP contribution in [0.1, 0.15) is 26.3 Å². The minimum Gasteiger partial charge on any atom is -0.468 e. The Morgan fingerprint density at radius 1 is 1.31 bits per heavy atom. The van der Waals surface area contributed by atoms with Crippen LogP contribution < -0.4 is 11.0 Å². The molecule has 0 fully saturated rings. The predicted molar refractivity (Wildman–Crippen MR) is 95.1 cm³/mol. The fourth-order valence-electron chi connectivity index (χ4n) is 3.25. The first kappa shape index (κ1) is 18.0. The van der Waals surface area contributed by atoms with E-state index < -0.39 is 17.7 Å². The number of benzene rings is 1. The maximum Gasteiger partial charge on any atom is 0.407 e. The molecule has 140 valence electrons. The Kier molecular flexibility index (Phi) is 4.52. The number of hydrogen-bond donors (Lipinski definition) is 1. The van der Waals surface area contributed by atoms with Crippen LogP contribution in [0.4, 0.5) is 4.79 Å². The van der Waals surface area contributed by atoms with Gasteiger partial charge in [-0.1, -0.05) is 12.1 Å². The van der Waals surface area contributed by atoms with E-state index in [4.69, 9.17) is 4.74 Å². The number of para-hydroxylation sites is 1. The molecule has 1 amide bonds. The smallest absolute Gasteiger partial charge is 0.407 e. The number of hydrogen-bond acceptors (Lipinski definition) is 5. The van der Waals surface area contributed by atoms with Gasteiger partial charge < -0.3 is 14.8 Å². The Labute approximate surface area is 150 Å². The van der Waals surface area contributed by atoms with Crippen molar-refractivity contribution >= 4 is 23.1 Å². The van der Waals surface area contributed by atoms with Crippen LogP contribution in [0.25, 0.3) is 11.0 Å². The van der Waals surface area contributed by atoms with Crippen LogP contribution in [0.15, 0.2) is 23.0 Å². The Bertz CT molecular complexity index is 919. The van der Waals surface area contributed by atoms with E-state index in [-0.39, 0.29) is 18.3 Å². The summed E-state index contributed by atoms with van der Waals surface area (Å²) in [5, 5.41) is 2.83. The van der Waals surface area contributed by atoms with Gasteiger partial charge in [0.15, 0.2) is 0 Å². The lowest BCUT2D eigenvalue weighted by Gasteiger charge is -2.26. The van der Waals surface area contributed by atoms with Gasteiger partial charge in [-0.2, -0.15) is 0 Å². The number of carbonyl (C=O) groups excluding carboxylic acids is 2. The molecule has 1 aromatic carbocycles. The molecule has 26 heavy (non-hydrogen) atoms. The van der Waals surface area contributed by atoms with Crippen molar-refractivity contribution in [3.8, 4) is 0 Å². The van der Waals surface area contributed by atoms with Gasteiger partial charge in [-0.05, 0) is 38.8 Å². The molecule has 0 spiro atoms. The van der Waals surface area contributed by atoms with Gasteiger partial charge in [0.05, 0.1) is 24.2 Å². The Morgan fingerprint density at radius 3 is 2.69 bits per heavy atom. The molecule has 2 aromatic rings. The molecule has 1 aromatic heterocycles. The lowest BCUT2D eigenvalue weighted by Crippen LogP contribution is -2.45. The summed E-state index contributed by atoms with van der Waals surface area (Å²) < 4.78 is 13.0. The van der Waals surface area contributed by atoms with E-state index in [1.54, 1.807) is 31.4 Å². The second kappa shape index (κ2) is 6.51. The van der Waals surface area contributed by atoms with Crippen molar-refractivity contribution in [1.29, 1.82) is 0 Å². The molecule has 1 unspecified atom stereocenters. The minimum atomic E-state index is -0.593. The second-order valence-electron chi connectivity index (χ2n) is 7.39. The molecule has 0 bridgehead atoms. The number of amides is 1. The maximum atomic E-state index is 12.8. The molecule has 1 atom stereocenters. The first-order chi connectivity index (χ1) is 12.2. The fraction of sp³-hybridized carbons (Fsp3) is 0.500. The summed E-state index contributed by atoms with van der Waals surface area (Å²) in [7, 11) is 1.29. The zero-order valence-electron chi connectivity index (χ0n) is 15.4. The molecular formula is C18H23N3O5. The largest absolute Gasteiger partial charge is 0.468 e. The molecular weight excluding hydrogens is 338 g/mol. The molecule has 0 saturated carbocycles. The average molecular weight is 361 g/mol. The molecule has 3 rings (SSSR count). The Morgan fingerprint density at radius 2 is 2.04 bits per heavy atom. The normalized spacial score (nSPS) is 16.4. The maximum absolute atomic E-state index is 12.8. The number of aromatic nitrogens is 2. The Balaban J connectivity index is 1.91. The number of nitrogens with zero attached hydrogens (tertiary/aromatic N) is 2. The number of rotatable bonds is 3. The van der Waals surface area contributed by atoms with E-state index in [9.17, 15) is 14.4 Å². The number of carbonyl (C=O) groups is 2. The van der Waals surface area contributed by atoms with Crippen LogP contribution >= 0.6 is 0 Å². The fourth-order valence-corrected chi connectivity index (χ4v) is 3.25. The summed E-state index contributed by atoms with van der Waals surface area (Å²) in [5.41, 5.74) is 1.53. The van der Waals surface area contributed by atoms with Crippen LogP contribution in [0.3, 0.4) is 0 Å². The van der Waals surface area contributed by atoms with E-state index >= 15 is 0 Å². The van der Waals surface area contributed by atoms with E-state index in [1.807, 2.05) is 12.1 Å². The number of esters is 1. The van der Waals surface area contributed by atoms with Crippen LogP contribution in [0.2, 0.25) is 0 Å². The van der Waals surface area contributed by atoms with Gasteiger partial charge in [0, 0.05) is 6.54 Å². The van der Waals surface area contributed by atoms with Crippen molar-refractivity contribution in [2.24, 2.45) is 0 Å². The van der Waals surface area contributed by atoms with Crippen molar-refractivity contribution in [3.05, 3.63) is 34.2 Å². The van der Waals surface area contributed by atoms with Gasteiger partial charge in [0.1, 0.15) is 12.1 Å². The molecule has 1 N–H and O–H groups in total. The van der Waals surface area contributed by atoms with Crippen LogP contribution in [-0.2, 0) is 33.8 Å². The van der Waals surface area contributed by atoms with Gasteiger partial charge >= 0.3 is 17.8 Å². The summed E-state index contributed by atoms with van der Waals surface area (Å²) in [5.74, 6) is -0.487. The standard InChI is InChI=1S/C18H23N3O5/c1-18(2,3)26-16(23)19-12-8-11-6-5-7-13-15(11)21(9-12)17(24)20(13)10-14(22)25-4/h5-7,12H,8-10H2,1-4H3,(H,19,23). The van der Waals surface area contributed by atoms with E-state index in [2.05, 4.69) is 10.1 Å². The van der Waals surface area contributed by atoms with E-state index in [0.29, 0.717) is 18.5 Å². The number of methoxy groups -OCH3 is 1. The van der Waals surface area contributed by atoms with Crippen LogP contribution in [-0.4, -0.2) is 39.9 Å². The zero-order valence-corrected chi connectivity index (χ0v) is 15.4. The Hall–Kier alpha value is -2.77. The van der Waals surface area contributed by atoms with E-state index in [0.717, 1.165) is 11.1 Å². The molecule has 8 nitrogen and oxygen atoms in total. The SMILES string of the molecule is COC(=O)Cn1c(=O)n2c3c(cccc31)CC(NC(=O)OC(C)(C)C)C2. The molecule has 0 saturated heterocycles. The first-order valence-corrected chi connectivity index (χ1v) is 8.47. The number of nitrogens with one attached hydrogen (secondary N) is 1. The summed E-state index contributed by atoms with van der Waals surface area (Å²) in [6, 6.07) is 5.30. The van der Waals surface area contributed by atoms with Gasteiger partial charge in [0.25, 0.3) is 0 Å². The molecule has 1 aliphatic rings. The first-order valence-electron chi connectivity index (χ1n) is 8.47. The third kappa shape index (κ3) is 3.44. The molecule has 0 aliphatic carbocycles. The summed E-state index contributed by atoms with van der Waals surface area (Å²) >= 11 is 0. The highest BCUT2D eigenvalue weighted by Gasteiger charge is 2.28. The zero-order chi connectivity index (χ0) is 19.1. The quantitative estimate of drug-likeness (QED) is 0.835. The van der Waals surface area contributed by atoms with Crippen molar-refractivity contribution in [1.82, 2.24) is 14.5 Å². The molecule has 2 heterocycles. The molecule has 1 aliphatic heterocycles. The number of ether oxygens (including phenoxy) is 2. The second-order valence-corrected chi connectivity index (χ2v) is 7.39. The van der Waals surface area contributed by atoms with Gasteiger partial charge in [-0.15, -0.1) is 0 Å². The van der Waals surface area contributed by atoms with Crippen LogP contribution in [0.5, 0.6) is 0 Å². The highest BCUT2D eigenvalue weighted by molar-refractivity contribution is 5.82. The third-order valence-corrected chi connectivity index (χ3v) is 4.23. The molecule has 8 heteroatoms. The van der Waals surface area contributed by atoms with Gasteiger partial charge in [0.2, 0.25) is 0 Å². The molecule has 0 radical (unpaired) electrons. The average Bonchev–Trinajstić information content (AvgIpc) is 2.80. The van der Waals surface area contributed by atoms with Crippen molar-refractivity contribution in [2.75, 3.05) is 7.11 Å². The van der Waals surface area contributed by atoms with Gasteiger partial charge in [-0.3, -0.25) is 13.9 Å². The predicted octanol–water partition coefficient (Wildman–Crippen LogP) is 1.43. The van der Waals surface area contributed by atoms with Crippen LogP contribution in [0, 0.1) is 0 Å². The topological polar surface area (TPSA) is 91.6 Å². The van der Waals surface area contributed by atoms with E-state index in [1.165, 1.54) is 11.7 Å². The van der Waals surface area contributed by atoms with Crippen molar-refractivity contribution < 1.29 is 19.1 Å².